The lowest BCUT2D eigenvalue weighted by atomic mass is 9.87. The van der Waals surface area contributed by atoms with Gasteiger partial charge in [0.15, 0.2) is 11.2 Å². The second-order valence-corrected chi connectivity index (χ2v) is 10.8. The molecule has 1 aromatic carbocycles. The van der Waals surface area contributed by atoms with Crippen LogP contribution in [0.2, 0.25) is 0 Å². The Balaban J connectivity index is 1.57. The zero-order valence-electron chi connectivity index (χ0n) is 23.9. The highest BCUT2D eigenvalue weighted by atomic mass is 19.4. The molecule has 1 aliphatic carbocycles. The first-order valence-corrected chi connectivity index (χ1v) is 14.3. The summed E-state index contributed by atoms with van der Waals surface area (Å²) < 4.78 is 63.0. The molecule has 1 saturated carbocycles. The fourth-order valence-corrected chi connectivity index (χ4v) is 5.65. The fraction of sp³-hybridized carbons (Fsp3) is 0.467. The van der Waals surface area contributed by atoms with Gasteiger partial charge in [-0.3, -0.25) is 13.9 Å². The zero-order chi connectivity index (χ0) is 30.9. The van der Waals surface area contributed by atoms with E-state index in [1.165, 1.54) is 16.7 Å². The van der Waals surface area contributed by atoms with E-state index in [9.17, 15) is 32.3 Å². The van der Waals surface area contributed by atoms with E-state index in [1.54, 1.807) is 42.7 Å². The lowest BCUT2D eigenvalue weighted by molar-refractivity contribution is -0.185. The number of aryl methyl sites for hydroxylation is 2. The van der Waals surface area contributed by atoms with Crippen LogP contribution in [-0.4, -0.2) is 47.7 Å². The summed E-state index contributed by atoms with van der Waals surface area (Å²) in [7, 11) is 0. The SMILES string of the molecule is CCn1c(=O)n(CCCO)c(=O)c2c1nc(-c1ccc(OC3CCC(C(F)(F)F)CC3)nc1C)n2Cc1ccc(F)cc1. The molecule has 5 rings (SSSR count). The van der Waals surface area contributed by atoms with Crippen LogP contribution in [0.4, 0.5) is 17.6 Å². The summed E-state index contributed by atoms with van der Waals surface area (Å²) in [4.78, 5) is 36.3. The summed E-state index contributed by atoms with van der Waals surface area (Å²) in [5.41, 5.74) is 1.03. The van der Waals surface area contributed by atoms with E-state index in [1.807, 2.05) is 0 Å². The number of halogens is 4. The highest BCUT2D eigenvalue weighted by Gasteiger charge is 2.41. The fourth-order valence-electron chi connectivity index (χ4n) is 5.65. The third-order valence-electron chi connectivity index (χ3n) is 7.95. The standard InChI is InChI=1S/C30H33F4N5O4/c1-3-37-27-25(28(41)38(29(37)42)15-4-16-40)39(17-19-5-9-21(31)10-6-19)26(36-27)23-13-14-24(35-18(23)2)43-22-11-7-20(8-12-22)30(32,33)34/h5-6,9-10,13-14,20,22,40H,3-4,7-8,11-12,15-17H2,1-2H3. The Labute approximate surface area is 244 Å². The molecule has 0 bridgehead atoms. The van der Waals surface area contributed by atoms with Crippen molar-refractivity contribution < 1.29 is 27.4 Å². The molecule has 0 amide bonds. The normalized spacial score (nSPS) is 17.5. The second-order valence-electron chi connectivity index (χ2n) is 10.8. The van der Waals surface area contributed by atoms with Crippen molar-refractivity contribution in [2.24, 2.45) is 5.92 Å². The number of pyridine rings is 1. The minimum absolute atomic E-state index is 0.00755. The Morgan fingerprint density at radius 1 is 0.977 bits per heavy atom. The molecule has 9 nitrogen and oxygen atoms in total. The van der Waals surface area contributed by atoms with Crippen molar-refractivity contribution >= 4 is 11.2 Å². The Hall–Kier alpha value is -4.00. The average Bonchev–Trinajstić information content (AvgIpc) is 3.33. The van der Waals surface area contributed by atoms with Crippen LogP contribution in [0.5, 0.6) is 5.88 Å². The van der Waals surface area contributed by atoms with Gasteiger partial charge in [0.2, 0.25) is 5.88 Å². The number of aromatic nitrogens is 5. The van der Waals surface area contributed by atoms with Gasteiger partial charge in [0.05, 0.1) is 11.6 Å². The van der Waals surface area contributed by atoms with Gasteiger partial charge in [0.1, 0.15) is 17.7 Å². The first-order valence-electron chi connectivity index (χ1n) is 14.3. The number of benzene rings is 1. The Bertz CT molecular complexity index is 1720. The molecule has 43 heavy (non-hydrogen) atoms. The smallest absolute Gasteiger partial charge is 0.391 e. The molecule has 0 radical (unpaired) electrons. The minimum atomic E-state index is -4.20. The summed E-state index contributed by atoms with van der Waals surface area (Å²) in [5.74, 6) is -1.09. The van der Waals surface area contributed by atoms with Crippen molar-refractivity contribution in [3.05, 3.63) is 74.3 Å². The molecule has 3 heterocycles. The third kappa shape index (κ3) is 6.22. The molecule has 0 atom stereocenters. The predicted molar refractivity (Wildman–Crippen MR) is 152 cm³/mol. The van der Waals surface area contributed by atoms with Crippen LogP contribution in [0, 0.1) is 18.7 Å². The van der Waals surface area contributed by atoms with Crippen LogP contribution >= 0.6 is 0 Å². The number of nitrogens with zero attached hydrogens (tertiary/aromatic N) is 5. The van der Waals surface area contributed by atoms with Gasteiger partial charge in [-0.05, 0) is 69.7 Å². The summed E-state index contributed by atoms with van der Waals surface area (Å²) in [5, 5.41) is 9.34. The zero-order valence-corrected chi connectivity index (χ0v) is 23.9. The quantitative estimate of drug-likeness (QED) is 0.275. The van der Waals surface area contributed by atoms with E-state index in [2.05, 4.69) is 4.98 Å². The van der Waals surface area contributed by atoms with E-state index in [0.29, 0.717) is 22.6 Å². The molecule has 3 aromatic heterocycles. The van der Waals surface area contributed by atoms with E-state index < -0.39 is 29.2 Å². The number of aliphatic hydroxyl groups excluding tert-OH is 1. The first kappa shape index (κ1) is 30.5. The van der Waals surface area contributed by atoms with Crippen molar-refractivity contribution in [2.45, 2.75) is 77.9 Å². The van der Waals surface area contributed by atoms with Gasteiger partial charge in [0.25, 0.3) is 5.56 Å². The molecule has 1 aliphatic rings. The van der Waals surface area contributed by atoms with Gasteiger partial charge in [-0.1, -0.05) is 12.1 Å². The van der Waals surface area contributed by atoms with Crippen LogP contribution in [0.3, 0.4) is 0 Å². The van der Waals surface area contributed by atoms with Gasteiger partial charge in [-0.15, -0.1) is 0 Å². The molecule has 230 valence electrons. The third-order valence-corrected chi connectivity index (χ3v) is 7.95. The summed E-state index contributed by atoms with van der Waals surface area (Å²) >= 11 is 0. The summed E-state index contributed by atoms with van der Waals surface area (Å²) in [6, 6.07) is 9.17. The summed E-state index contributed by atoms with van der Waals surface area (Å²) in [6.07, 6.45) is -3.80. The number of rotatable bonds is 9. The molecule has 0 aliphatic heterocycles. The van der Waals surface area contributed by atoms with Gasteiger partial charge in [-0.2, -0.15) is 13.2 Å². The van der Waals surface area contributed by atoms with E-state index in [-0.39, 0.29) is 81.5 Å². The predicted octanol–water partition coefficient (Wildman–Crippen LogP) is 4.82. The van der Waals surface area contributed by atoms with E-state index in [4.69, 9.17) is 9.72 Å². The minimum Gasteiger partial charge on any atom is -0.474 e. The Morgan fingerprint density at radius 3 is 2.28 bits per heavy atom. The number of hydrogen-bond donors (Lipinski definition) is 1. The van der Waals surface area contributed by atoms with Gasteiger partial charge >= 0.3 is 11.9 Å². The van der Waals surface area contributed by atoms with Crippen LogP contribution in [0.25, 0.3) is 22.6 Å². The van der Waals surface area contributed by atoms with Crippen LogP contribution in [0.1, 0.15) is 50.3 Å². The number of hydrogen-bond acceptors (Lipinski definition) is 6. The lowest BCUT2D eigenvalue weighted by Gasteiger charge is -2.29. The van der Waals surface area contributed by atoms with Crippen molar-refractivity contribution in [3.63, 3.8) is 0 Å². The van der Waals surface area contributed by atoms with Crippen molar-refractivity contribution in [1.29, 1.82) is 0 Å². The van der Waals surface area contributed by atoms with Crippen molar-refractivity contribution in [2.75, 3.05) is 6.61 Å². The maximum Gasteiger partial charge on any atom is 0.391 e. The highest BCUT2D eigenvalue weighted by Crippen LogP contribution is 2.38. The lowest BCUT2D eigenvalue weighted by Crippen LogP contribution is -2.40. The molecule has 1 N–H and O–H groups in total. The number of imidazole rings is 1. The summed E-state index contributed by atoms with van der Waals surface area (Å²) in [6.45, 7) is 3.71. The van der Waals surface area contributed by atoms with Gasteiger partial charge in [-0.25, -0.2) is 19.2 Å². The van der Waals surface area contributed by atoms with Crippen LogP contribution in [0.15, 0.2) is 46.0 Å². The number of ether oxygens (including phenoxy) is 1. The van der Waals surface area contributed by atoms with Crippen LogP contribution < -0.4 is 16.0 Å². The van der Waals surface area contributed by atoms with Crippen molar-refractivity contribution in [3.8, 4) is 17.3 Å². The molecule has 13 heteroatoms. The first-order chi connectivity index (χ1) is 20.5. The van der Waals surface area contributed by atoms with Gasteiger partial charge in [0, 0.05) is 37.9 Å². The average molecular weight is 604 g/mol. The maximum absolute atomic E-state index is 13.7. The number of alkyl halides is 3. The largest absolute Gasteiger partial charge is 0.474 e. The number of fused-ring (bicyclic) bond motifs is 1. The van der Waals surface area contributed by atoms with E-state index >= 15 is 0 Å². The van der Waals surface area contributed by atoms with Crippen LogP contribution in [-0.2, 0) is 19.6 Å². The molecular weight excluding hydrogens is 570 g/mol. The number of aliphatic hydroxyl groups is 1. The molecule has 4 aromatic rings. The van der Waals surface area contributed by atoms with E-state index in [0.717, 1.165) is 4.57 Å². The van der Waals surface area contributed by atoms with Crippen molar-refractivity contribution in [1.82, 2.24) is 23.7 Å². The monoisotopic (exact) mass is 603 g/mol. The molecular formula is C30H33F4N5O4. The Morgan fingerprint density at radius 2 is 1.67 bits per heavy atom. The maximum atomic E-state index is 13.7. The molecule has 0 saturated heterocycles. The topological polar surface area (TPSA) is 104 Å². The Kier molecular flexibility index (Phi) is 8.72. The molecule has 1 fully saturated rings. The molecule has 0 unspecified atom stereocenters. The highest BCUT2D eigenvalue weighted by molar-refractivity contribution is 5.78. The second kappa shape index (κ2) is 12.3. The molecule has 0 spiro atoms. The van der Waals surface area contributed by atoms with Gasteiger partial charge < -0.3 is 14.4 Å².